The number of aromatic nitrogens is 1. The average Bonchev–Trinajstić information content (AvgIpc) is 2.55. The van der Waals surface area contributed by atoms with Crippen molar-refractivity contribution in [3.8, 4) is 0 Å². The fraction of sp³-hybridized carbons (Fsp3) is 0.294. The molecule has 24 heavy (non-hydrogen) atoms. The summed E-state index contributed by atoms with van der Waals surface area (Å²) in [5, 5.41) is 0. The van der Waals surface area contributed by atoms with E-state index >= 15 is 0 Å². The van der Waals surface area contributed by atoms with Gasteiger partial charge in [-0.25, -0.2) is 0 Å². The molecule has 7 heteroatoms. The number of carbonyl (C=O) groups is 1. The standard InChI is InChI=1S/C17H17F3N2O2/c1-12(13-6-4-3-5-7-13)21(2)16(24)11-22-10-14(17(18,19)20)8-9-15(22)23/h3-10,12H,11H2,1-2H3. The second-order valence-corrected chi connectivity index (χ2v) is 5.47. The Morgan fingerprint density at radius 1 is 1.17 bits per heavy atom. The summed E-state index contributed by atoms with van der Waals surface area (Å²) in [7, 11) is 1.55. The molecule has 0 saturated heterocycles. The Labute approximate surface area is 137 Å². The van der Waals surface area contributed by atoms with Crippen molar-refractivity contribution in [3.63, 3.8) is 0 Å². The van der Waals surface area contributed by atoms with E-state index in [4.69, 9.17) is 0 Å². The monoisotopic (exact) mass is 338 g/mol. The average molecular weight is 338 g/mol. The Kier molecular flexibility index (Phi) is 5.11. The van der Waals surface area contributed by atoms with Crippen LogP contribution in [0.1, 0.15) is 24.1 Å². The maximum Gasteiger partial charge on any atom is 0.417 e. The van der Waals surface area contributed by atoms with Gasteiger partial charge in [-0.1, -0.05) is 30.3 Å². The molecule has 0 saturated carbocycles. The van der Waals surface area contributed by atoms with E-state index in [1.165, 1.54) is 4.90 Å². The van der Waals surface area contributed by atoms with Crippen LogP contribution in [0, 0.1) is 0 Å². The molecule has 1 aromatic carbocycles. The summed E-state index contributed by atoms with van der Waals surface area (Å²) in [5.74, 6) is -0.451. The topological polar surface area (TPSA) is 42.3 Å². The van der Waals surface area contributed by atoms with Gasteiger partial charge in [0.25, 0.3) is 5.56 Å². The van der Waals surface area contributed by atoms with E-state index in [1.54, 1.807) is 7.05 Å². The van der Waals surface area contributed by atoms with Crippen molar-refractivity contribution in [1.29, 1.82) is 0 Å². The number of pyridine rings is 1. The smallest absolute Gasteiger partial charge is 0.337 e. The number of likely N-dealkylation sites (N-methyl/N-ethyl adjacent to an activating group) is 1. The second kappa shape index (κ2) is 6.90. The van der Waals surface area contributed by atoms with E-state index in [9.17, 15) is 22.8 Å². The van der Waals surface area contributed by atoms with Crippen molar-refractivity contribution in [3.05, 3.63) is 70.1 Å². The van der Waals surface area contributed by atoms with E-state index in [1.807, 2.05) is 37.3 Å². The van der Waals surface area contributed by atoms with Crippen LogP contribution in [0.3, 0.4) is 0 Å². The van der Waals surface area contributed by atoms with Gasteiger partial charge in [-0.3, -0.25) is 9.59 Å². The first kappa shape index (κ1) is 17.8. The number of alkyl halides is 3. The van der Waals surface area contributed by atoms with E-state index in [-0.39, 0.29) is 6.04 Å². The molecule has 1 heterocycles. The normalized spacial score (nSPS) is 12.7. The molecule has 2 rings (SSSR count). The molecule has 0 aliphatic heterocycles. The van der Waals surface area contributed by atoms with Crippen molar-refractivity contribution in [2.75, 3.05) is 7.05 Å². The second-order valence-electron chi connectivity index (χ2n) is 5.47. The van der Waals surface area contributed by atoms with E-state index in [0.29, 0.717) is 12.3 Å². The molecule has 0 aliphatic rings. The number of rotatable bonds is 4. The predicted octanol–water partition coefficient (Wildman–Crippen LogP) is 3.09. The zero-order valence-corrected chi connectivity index (χ0v) is 13.2. The van der Waals surface area contributed by atoms with Gasteiger partial charge in [0, 0.05) is 19.3 Å². The third-order valence-corrected chi connectivity index (χ3v) is 3.87. The highest BCUT2D eigenvalue weighted by Crippen LogP contribution is 2.28. The van der Waals surface area contributed by atoms with Crippen molar-refractivity contribution in [2.45, 2.75) is 25.7 Å². The quantitative estimate of drug-likeness (QED) is 0.860. The number of hydrogen-bond donors (Lipinski definition) is 0. The lowest BCUT2D eigenvalue weighted by Gasteiger charge is -2.25. The number of amides is 1. The van der Waals surface area contributed by atoms with Crippen molar-refractivity contribution < 1.29 is 18.0 Å². The minimum Gasteiger partial charge on any atom is -0.337 e. The van der Waals surface area contributed by atoms with Crippen LogP contribution in [0.15, 0.2) is 53.5 Å². The number of hydrogen-bond acceptors (Lipinski definition) is 2. The Bertz CT molecular complexity index is 769. The van der Waals surface area contributed by atoms with Crippen molar-refractivity contribution >= 4 is 5.91 Å². The molecular formula is C17H17F3N2O2. The lowest BCUT2D eigenvalue weighted by atomic mass is 10.1. The van der Waals surface area contributed by atoms with Crippen LogP contribution in [0.25, 0.3) is 0 Å². The first-order valence-corrected chi connectivity index (χ1v) is 7.28. The Balaban J connectivity index is 2.19. The largest absolute Gasteiger partial charge is 0.417 e. The summed E-state index contributed by atoms with van der Waals surface area (Å²) in [6, 6.07) is 10.5. The van der Waals surface area contributed by atoms with Crippen LogP contribution in [-0.2, 0) is 17.5 Å². The fourth-order valence-corrected chi connectivity index (χ4v) is 2.25. The lowest BCUT2D eigenvalue weighted by Crippen LogP contribution is -2.35. The van der Waals surface area contributed by atoms with Gasteiger partial charge in [0.15, 0.2) is 0 Å². The van der Waals surface area contributed by atoms with Gasteiger partial charge in [0.2, 0.25) is 5.91 Å². The number of halogens is 3. The maximum absolute atomic E-state index is 12.7. The van der Waals surface area contributed by atoms with Gasteiger partial charge in [-0.05, 0) is 18.6 Å². The number of nitrogens with zero attached hydrogens (tertiary/aromatic N) is 2. The zero-order valence-electron chi connectivity index (χ0n) is 13.2. The number of carbonyl (C=O) groups excluding carboxylic acids is 1. The Morgan fingerprint density at radius 3 is 2.38 bits per heavy atom. The first-order valence-electron chi connectivity index (χ1n) is 7.28. The summed E-state index contributed by atoms with van der Waals surface area (Å²) in [6.07, 6.45) is -3.90. The molecule has 1 aromatic heterocycles. The van der Waals surface area contributed by atoms with Crippen LogP contribution >= 0.6 is 0 Å². The van der Waals surface area contributed by atoms with E-state index in [0.717, 1.165) is 16.2 Å². The molecule has 128 valence electrons. The maximum atomic E-state index is 12.7. The van der Waals surface area contributed by atoms with Gasteiger partial charge >= 0.3 is 6.18 Å². The summed E-state index contributed by atoms with van der Waals surface area (Å²) >= 11 is 0. The molecule has 1 amide bonds. The molecule has 0 spiro atoms. The van der Waals surface area contributed by atoms with E-state index < -0.39 is 29.8 Å². The zero-order chi connectivity index (χ0) is 17.9. The minimum atomic E-state index is -4.57. The summed E-state index contributed by atoms with van der Waals surface area (Å²) in [6.45, 7) is 1.36. The number of benzene rings is 1. The molecule has 0 bridgehead atoms. The van der Waals surface area contributed by atoms with Crippen LogP contribution in [0.4, 0.5) is 13.2 Å². The fourth-order valence-electron chi connectivity index (χ4n) is 2.25. The molecule has 4 nitrogen and oxygen atoms in total. The van der Waals surface area contributed by atoms with Crippen LogP contribution in [0.2, 0.25) is 0 Å². The Morgan fingerprint density at radius 2 is 1.79 bits per heavy atom. The molecule has 0 radical (unpaired) electrons. The first-order chi connectivity index (χ1) is 11.2. The SMILES string of the molecule is CC(c1ccccc1)N(C)C(=O)Cn1cc(C(F)(F)F)ccc1=O. The van der Waals surface area contributed by atoms with Gasteiger partial charge in [-0.2, -0.15) is 13.2 Å². The van der Waals surface area contributed by atoms with Gasteiger partial charge < -0.3 is 9.47 Å². The third kappa shape index (κ3) is 4.04. The van der Waals surface area contributed by atoms with Gasteiger partial charge in [0.05, 0.1) is 11.6 Å². The molecule has 1 unspecified atom stereocenters. The van der Waals surface area contributed by atoms with Gasteiger partial charge in [0.1, 0.15) is 6.54 Å². The highest BCUT2D eigenvalue weighted by molar-refractivity contribution is 5.76. The lowest BCUT2D eigenvalue weighted by molar-refractivity contribution is -0.138. The van der Waals surface area contributed by atoms with Crippen LogP contribution < -0.4 is 5.56 Å². The van der Waals surface area contributed by atoms with Crippen LogP contribution in [-0.4, -0.2) is 22.4 Å². The van der Waals surface area contributed by atoms with Crippen LogP contribution in [0.5, 0.6) is 0 Å². The summed E-state index contributed by atoms with van der Waals surface area (Å²) < 4.78 is 39.0. The van der Waals surface area contributed by atoms with Gasteiger partial charge in [-0.15, -0.1) is 0 Å². The third-order valence-electron chi connectivity index (χ3n) is 3.87. The molecular weight excluding hydrogens is 321 g/mol. The summed E-state index contributed by atoms with van der Waals surface area (Å²) in [5.41, 5.74) is -0.726. The highest BCUT2D eigenvalue weighted by Gasteiger charge is 2.31. The van der Waals surface area contributed by atoms with Crippen molar-refractivity contribution in [1.82, 2.24) is 9.47 Å². The molecule has 0 N–H and O–H groups in total. The van der Waals surface area contributed by atoms with Crippen molar-refractivity contribution in [2.24, 2.45) is 0 Å². The molecule has 0 fully saturated rings. The molecule has 0 aliphatic carbocycles. The molecule has 1 atom stereocenters. The molecule has 2 aromatic rings. The minimum absolute atomic E-state index is 0.264. The van der Waals surface area contributed by atoms with E-state index in [2.05, 4.69) is 0 Å². The predicted molar refractivity (Wildman–Crippen MR) is 83.3 cm³/mol. The Hall–Kier alpha value is -2.57. The summed E-state index contributed by atoms with van der Waals surface area (Å²) in [4.78, 5) is 25.5. The highest BCUT2D eigenvalue weighted by atomic mass is 19.4.